The van der Waals surface area contributed by atoms with Crippen molar-refractivity contribution in [2.75, 3.05) is 13.1 Å². The van der Waals surface area contributed by atoms with Crippen LogP contribution in [0, 0.1) is 19.8 Å². The van der Waals surface area contributed by atoms with Gasteiger partial charge < -0.3 is 10.6 Å². The third-order valence-corrected chi connectivity index (χ3v) is 3.68. The van der Waals surface area contributed by atoms with E-state index in [4.69, 9.17) is 0 Å². The minimum Gasteiger partial charge on any atom is -0.348 e. The second kappa shape index (κ2) is 6.20. The predicted molar refractivity (Wildman–Crippen MR) is 78.1 cm³/mol. The van der Waals surface area contributed by atoms with E-state index in [0.29, 0.717) is 6.54 Å². The Hall–Kier alpha value is -1.35. The van der Waals surface area contributed by atoms with Crippen LogP contribution in [0.5, 0.6) is 0 Å². The summed E-state index contributed by atoms with van der Waals surface area (Å²) >= 11 is 0. The molecule has 0 radical (unpaired) electrons. The van der Waals surface area contributed by atoms with Crippen LogP contribution in [-0.2, 0) is 4.79 Å². The quantitative estimate of drug-likeness (QED) is 0.825. The highest BCUT2D eigenvalue weighted by Gasteiger charge is 2.20. The van der Waals surface area contributed by atoms with Crippen LogP contribution >= 0.6 is 0 Å². The molecule has 3 nitrogen and oxygen atoms in total. The molecule has 1 aromatic rings. The molecule has 19 heavy (non-hydrogen) atoms. The summed E-state index contributed by atoms with van der Waals surface area (Å²) in [6, 6.07) is 6.42. The van der Waals surface area contributed by atoms with Crippen molar-refractivity contribution < 1.29 is 4.79 Å². The van der Waals surface area contributed by atoms with Gasteiger partial charge in [-0.2, -0.15) is 0 Å². The summed E-state index contributed by atoms with van der Waals surface area (Å²) in [7, 11) is 0. The van der Waals surface area contributed by atoms with Crippen molar-refractivity contribution in [2.45, 2.75) is 39.7 Å². The molecule has 2 N–H and O–H groups in total. The van der Waals surface area contributed by atoms with Crippen LogP contribution in [0.25, 0.3) is 0 Å². The number of carbonyl (C=O) groups is 1. The van der Waals surface area contributed by atoms with Gasteiger partial charge in [-0.1, -0.05) is 23.8 Å². The number of benzene rings is 1. The van der Waals surface area contributed by atoms with E-state index in [-0.39, 0.29) is 11.9 Å². The van der Waals surface area contributed by atoms with Crippen molar-refractivity contribution in [3.8, 4) is 0 Å². The SMILES string of the molecule is Cc1ccc(C(C)NC(=O)CNCC2CC2)c(C)c1. The smallest absolute Gasteiger partial charge is 0.234 e. The van der Waals surface area contributed by atoms with Gasteiger partial charge in [-0.25, -0.2) is 0 Å². The van der Waals surface area contributed by atoms with E-state index in [1.54, 1.807) is 0 Å². The monoisotopic (exact) mass is 260 g/mol. The molecule has 1 unspecified atom stereocenters. The molecule has 1 fully saturated rings. The zero-order valence-electron chi connectivity index (χ0n) is 12.1. The fourth-order valence-electron chi connectivity index (χ4n) is 2.39. The van der Waals surface area contributed by atoms with Crippen LogP contribution in [-0.4, -0.2) is 19.0 Å². The first-order valence-corrected chi connectivity index (χ1v) is 7.13. The number of amides is 1. The topological polar surface area (TPSA) is 41.1 Å². The lowest BCUT2D eigenvalue weighted by molar-refractivity contribution is -0.120. The van der Waals surface area contributed by atoms with Crippen LogP contribution in [0.15, 0.2) is 18.2 Å². The summed E-state index contributed by atoms with van der Waals surface area (Å²) < 4.78 is 0. The van der Waals surface area contributed by atoms with Crippen LogP contribution in [0.4, 0.5) is 0 Å². The molecule has 0 heterocycles. The number of hydrogen-bond acceptors (Lipinski definition) is 2. The summed E-state index contributed by atoms with van der Waals surface area (Å²) in [6.45, 7) is 7.62. The lowest BCUT2D eigenvalue weighted by atomic mass is 10.0. The van der Waals surface area contributed by atoms with Crippen molar-refractivity contribution in [3.63, 3.8) is 0 Å². The molecule has 0 bridgehead atoms. The van der Waals surface area contributed by atoms with Gasteiger partial charge in [0.25, 0.3) is 0 Å². The Bertz CT molecular complexity index is 452. The van der Waals surface area contributed by atoms with Gasteiger partial charge in [-0.15, -0.1) is 0 Å². The fraction of sp³-hybridized carbons (Fsp3) is 0.562. The second-order valence-corrected chi connectivity index (χ2v) is 5.72. The molecule has 1 saturated carbocycles. The molecular formula is C16H24N2O. The molecule has 1 aliphatic rings. The maximum atomic E-state index is 11.8. The first-order valence-electron chi connectivity index (χ1n) is 7.13. The minimum absolute atomic E-state index is 0.0656. The molecule has 1 aliphatic carbocycles. The predicted octanol–water partition coefficient (Wildman–Crippen LogP) is 2.48. The molecule has 0 aromatic heterocycles. The lowest BCUT2D eigenvalue weighted by Gasteiger charge is -2.17. The highest BCUT2D eigenvalue weighted by atomic mass is 16.1. The lowest BCUT2D eigenvalue weighted by Crippen LogP contribution is -2.36. The van der Waals surface area contributed by atoms with Gasteiger partial charge >= 0.3 is 0 Å². The molecule has 104 valence electrons. The van der Waals surface area contributed by atoms with E-state index in [1.807, 2.05) is 6.92 Å². The molecule has 3 heteroatoms. The van der Waals surface area contributed by atoms with Gasteiger partial charge in [-0.05, 0) is 57.2 Å². The Labute approximate surface area is 115 Å². The van der Waals surface area contributed by atoms with Crippen LogP contribution in [0.2, 0.25) is 0 Å². The van der Waals surface area contributed by atoms with E-state index in [2.05, 4.69) is 42.7 Å². The zero-order chi connectivity index (χ0) is 13.8. The van der Waals surface area contributed by atoms with Gasteiger partial charge in [0.05, 0.1) is 12.6 Å². The number of hydrogen-bond donors (Lipinski definition) is 2. The molecule has 2 rings (SSSR count). The van der Waals surface area contributed by atoms with E-state index >= 15 is 0 Å². The first kappa shape index (κ1) is 14.1. The van der Waals surface area contributed by atoms with E-state index < -0.39 is 0 Å². The van der Waals surface area contributed by atoms with Gasteiger partial charge in [-0.3, -0.25) is 4.79 Å². The maximum Gasteiger partial charge on any atom is 0.234 e. The van der Waals surface area contributed by atoms with E-state index in [9.17, 15) is 4.79 Å². The van der Waals surface area contributed by atoms with Crippen molar-refractivity contribution >= 4 is 5.91 Å². The Kier molecular flexibility index (Phi) is 4.59. The molecule has 1 amide bonds. The Morgan fingerprint density at radius 1 is 1.37 bits per heavy atom. The van der Waals surface area contributed by atoms with E-state index in [0.717, 1.165) is 12.5 Å². The minimum atomic E-state index is 0.0656. The van der Waals surface area contributed by atoms with Crippen LogP contribution in [0.3, 0.4) is 0 Å². The van der Waals surface area contributed by atoms with Crippen LogP contribution in [0.1, 0.15) is 42.5 Å². The summed E-state index contributed by atoms with van der Waals surface area (Å²) in [5, 5.41) is 6.26. The molecule has 1 aromatic carbocycles. The Morgan fingerprint density at radius 3 is 2.74 bits per heavy atom. The average Bonchev–Trinajstić information content (AvgIpc) is 3.12. The summed E-state index contributed by atoms with van der Waals surface area (Å²) in [6.07, 6.45) is 2.63. The highest BCUT2D eigenvalue weighted by molar-refractivity contribution is 5.78. The standard InChI is InChI=1S/C16H24N2O/c1-11-4-7-15(12(2)8-11)13(3)18-16(19)10-17-9-14-5-6-14/h4,7-8,13-14,17H,5-6,9-10H2,1-3H3,(H,18,19). The largest absolute Gasteiger partial charge is 0.348 e. The molecular weight excluding hydrogens is 236 g/mol. The van der Waals surface area contributed by atoms with Crippen molar-refractivity contribution in [1.29, 1.82) is 0 Å². The van der Waals surface area contributed by atoms with Gasteiger partial charge in [0.2, 0.25) is 5.91 Å². The Morgan fingerprint density at radius 2 is 2.11 bits per heavy atom. The average molecular weight is 260 g/mol. The summed E-state index contributed by atoms with van der Waals surface area (Å²) in [4.78, 5) is 11.8. The van der Waals surface area contributed by atoms with Crippen molar-refractivity contribution in [1.82, 2.24) is 10.6 Å². The molecule has 0 saturated heterocycles. The van der Waals surface area contributed by atoms with Crippen molar-refractivity contribution in [2.24, 2.45) is 5.92 Å². The number of nitrogens with one attached hydrogen (secondary N) is 2. The molecule has 1 atom stereocenters. The number of rotatable bonds is 6. The fourth-order valence-corrected chi connectivity index (χ4v) is 2.39. The van der Waals surface area contributed by atoms with Gasteiger partial charge in [0.1, 0.15) is 0 Å². The van der Waals surface area contributed by atoms with Crippen molar-refractivity contribution in [3.05, 3.63) is 34.9 Å². The first-order chi connectivity index (χ1) is 9.06. The second-order valence-electron chi connectivity index (χ2n) is 5.72. The number of aryl methyl sites for hydroxylation is 2. The normalized spacial score (nSPS) is 16.2. The van der Waals surface area contributed by atoms with Crippen LogP contribution < -0.4 is 10.6 Å². The van der Waals surface area contributed by atoms with Gasteiger partial charge in [0, 0.05) is 0 Å². The van der Waals surface area contributed by atoms with E-state index in [1.165, 1.54) is 29.5 Å². The zero-order valence-corrected chi connectivity index (χ0v) is 12.1. The summed E-state index contributed by atoms with van der Waals surface area (Å²) in [5.74, 6) is 0.887. The Balaban J connectivity index is 1.81. The number of carbonyl (C=O) groups excluding carboxylic acids is 1. The highest BCUT2D eigenvalue weighted by Crippen LogP contribution is 2.27. The maximum absolute atomic E-state index is 11.8. The van der Waals surface area contributed by atoms with Gasteiger partial charge in [0.15, 0.2) is 0 Å². The molecule has 0 spiro atoms. The summed E-state index contributed by atoms with van der Waals surface area (Å²) in [5.41, 5.74) is 3.69. The third kappa shape index (κ3) is 4.35. The third-order valence-electron chi connectivity index (χ3n) is 3.68. The molecule has 0 aliphatic heterocycles.